The Morgan fingerprint density at radius 3 is 2.11 bits per heavy atom. The van der Waals surface area contributed by atoms with Crippen molar-refractivity contribution in [3.8, 4) is 0 Å². The molecule has 5 nitrogen and oxygen atoms in total. The number of rotatable bonds is 5. The first-order valence-corrected chi connectivity index (χ1v) is 8.75. The largest absolute Gasteiger partial charge is 0.388 e. The summed E-state index contributed by atoms with van der Waals surface area (Å²) in [4.78, 5) is 15.6. The molecule has 27 heavy (non-hydrogen) atoms. The van der Waals surface area contributed by atoms with Gasteiger partial charge in [0.15, 0.2) is 0 Å². The van der Waals surface area contributed by atoms with Crippen molar-refractivity contribution in [2.75, 3.05) is 23.0 Å². The highest BCUT2D eigenvalue weighted by Crippen LogP contribution is 2.21. The van der Waals surface area contributed by atoms with Gasteiger partial charge in [-0.15, -0.1) is 0 Å². The van der Waals surface area contributed by atoms with Crippen molar-refractivity contribution >= 4 is 39.6 Å². The normalized spacial score (nSPS) is 10.6. The zero-order valence-corrected chi connectivity index (χ0v) is 14.9. The Bertz CT molecular complexity index is 1070. The van der Waals surface area contributed by atoms with Crippen LogP contribution in [0.15, 0.2) is 79.0 Å². The molecule has 0 atom stereocenters. The van der Waals surface area contributed by atoms with Gasteiger partial charge in [-0.05, 0) is 72.1 Å². The first-order chi connectivity index (χ1) is 13.2. The lowest BCUT2D eigenvalue weighted by Crippen LogP contribution is -2.11. The lowest BCUT2D eigenvalue weighted by atomic mass is 10.1. The minimum Gasteiger partial charge on any atom is -0.388 e. The molecule has 0 saturated heterocycles. The summed E-state index contributed by atoms with van der Waals surface area (Å²) in [6.07, 6.45) is 1.88. The summed E-state index contributed by atoms with van der Waals surface area (Å²) in [5.74, 6) is -0.133. The molecule has 1 heterocycles. The number of aromatic amines is 1. The van der Waals surface area contributed by atoms with Crippen LogP contribution in [0, 0.1) is 0 Å². The van der Waals surface area contributed by atoms with Crippen LogP contribution in [0.4, 0.5) is 22.7 Å². The van der Waals surface area contributed by atoms with Crippen LogP contribution in [-0.4, -0.2) is 17.9 Å². The zero-order valence-electron chi connectivity index (χ0n) is 14.9. The first-order valence-electron chi connectivity index (χ1n) is 8.75. The summed E-state index contributed by atoms with van der Waals surface area (Å²) < 4.78 is 0. The van der Waals surface area contributed by atoms with Crippen molar-refractivity contribution in [2.24, 2.45) is 0 Å². The van der Waals surface area contributed by atoms with E-state index >= 15 is 0 Å². The van der Waals surface area contributed by atoms with Crippen molar-refractivity contribution in [3.05, 3.63) is 84.6 Å². The molecule has 0 spiro atoms. The molecule has 4 rings (SSSR count). The Labute approximate surface area is 157 Å². The predicted octanol–water partition coefficient (Wildman–Crippen LogP) is 5.21. The third kappa shape index (κ3) is 3.77. The van der Waals surface area contributed by atoms with Gasteiger partial charge >= 0.3 is 0 Å². The Morgan fingerprint density at radius 1 is 0.778 bits per heavy atom. The van der Waals surface area contributed by atoms with Gasteiger partial charge in [-0.25, -0.2) is 0 Å². The van der Waals surface area contributed by atoms with E-state index in [2.05, 4.69) is 20.9 Å². The quantitative estimate of drug-likeness (QED) is 0.397. The lowest BCUT2D eigenvalue weighted by Gasteiger charge is -2.09. The van der Waals surface area contributed by atoms with Crippen LogP contribution in [0.2, 0.25) is 0 Å². The van der Waals surface area contributed by atoms with E-state index in [0.29, 0.717) is 5.56 Å². The average Bonchev–Trinajstić information content (AvgIpc) is 3.17. The van der Waals surface area contributed by atoms with Gasteiger partial charge in [-0.3, -0.25) is 4.79 Å². The molecule has 134 valence electrons. The van der Waals surface area contributed by atoms with Crippen molar-refractivity contribution in [1.82, 2.24) is 4.98 Å². The summed E-state index contributed by atoms with van der Waals surface area (Å²) in [7, 11) is 1.89. The smallest absolute Gasteiger partial charge is 0.255 e. The maximum atomic E-state index is 12.5. The fraction of sp³-hybridized carbons (Fsp3) is 0.0455. The van der Waals surface area contributed by atoms with Gasteiger partial charge in [0.05, 0.1) is 0 Å². The SMILES string of the molecule is CNc1ccc(Nc2ccc(C(=O)Nc3ccc4cc[nH]c4c3)cc2)cc1. The monoisotopic (exact) mass is 356 g/mol. The first kappa shape index (κ1) is 16.7. The molecule has 4 N–H and O–H groups in total. The molecule has 0 fully saturated rings. The lowest BCUT2D eigenvalue weighted by molar-refractivity contribution is 0.102. The molecule has 1 amide bonds. The van der Waals surface area contributed by atoms with Crippen LogP contribution in [0.1, 0.15) is 10.4 Å². The van der Waals surface area contributed by atoms with Crippen LogP contribution in [-0.2, 0) is 0 Å². The predicted molar refractivity (Wildman–Crippen MR) is 112 cm³/mol. The molecule has 1 aromatic heterocycles. The molecular weight excluding hydrogens is 336 g/mol. The summed E-state index contributed by atoms with van der Waals surface area (Å²) in [5, 5.41) is 10.5. The van der Waals surface area contributed by atoms with E-state index in [0.717, 1.165) is 33.7 Å². The number of carbonyl (C=O) groups is 1. The molecular formula is C22H20N4O. The van der Waals surface area contributed by atoms with Crippen LogP contribution in [0.3, 0.4) is 0 Å². The van der Waals surface area contributed by atoms with Crippen LogP contribution < -0.4 is 16.0 Å². The zero-order chi connectivity index (χ0) is 18.6. The highest BCUT2D eigenvalue weighted by Gasteiger charge is 2.07. The number of hydrogen-bond acceptors (Lipinski definition) is 3. The molecule has 0 aliphatic heterocycles. The number of carbonyl (C=O) groups excluding carboxylic acids is 1. The van der Waals surface area contributed by atoms with Crippen LogP contribution >= 0.6 is 0 Å². The number of fused-ring (bicyclic) bond motifs is 1. The highest BCUT2D eigenvalue weighted by molar-refractivity contribution is 6.05. The number of hydrogen-bond donors (Lipinski definition) is 4. The number of benzene rings is 3. The second-order valence-electron chi connectivity index (χ2n) is 6.26. The number of nitrogens with one attached hydrogen (secondary N) is 4. The number of amides is 1. The van der Waals surface area contributed by atoms with E-state index in [9.17, 15) is 4.79 Å². The van der Waals surface area contributed by atoms with Gasteiger partial charge < -0.3 is 20.9 Å². The van der Waals surface area contributed by atoms with Gasteiger partial charge in [0.25, 0.3) is 5.91 Å². The van der Waals surface area contributed by atoms with Gasteiger partial charge in [-0.1, -0.05) is 6.07 Å². The van der Waals surface area contributed by atoms with E-state index < -0.39 is 0 Å². The maximum Gasteiger partial charge on any atom is 0.255 e. The molecule has 0 aliphatic carbocycles. The third-order valence-electron chi connectivity index (χ3n) is 4.42. The number of anilines is 4. The minimum absolute atomic E-state index is 0.133. The average molecular weight is 356 g/mol. The van der Waals surface area contributed by atoms with Crippen molar-refractivity contribution in [3.63, 3.8) is 0 Å². The molecule has 3 aromatic carbocycles. The number of H-pyrrole nitrogens is 1. The van der Waals surface area contributed by atoms with Crippen LogP contribution in [0.25, 0.3) is 10.9 Å². The second-order valence-corrected chi connectivity index (χ2v) is 6.26. The summed E-state index contributed by atoms with van der Waals surface area (Å²) >= 11 is 0. The topological polar surface area (TPSA) is 68.9 Å². The highest BCUT2D eigenvalue weighted by atomic mass is 16.1. The minimum atomic E-state index is -0.133. The summed E-state index contributed by atoms with van der Waals surface area (Å²) in [6, 6.07) is 23.2. The van der Waals surface area contributed by atoms with Gasteiger partial charge in [0, 0.05) is 47.1 Å². The van der Waals surface area contributed by atoms with Crippen LogP contribution in [0.5, 0.6) is 0 Å². The van der Waals surface area contributed by atoms with E-state index in [1.807, 2.05) is 86.0 Å². The second kappa shape index (κ2) is 7.25. The maximum absolute atomic E-state index is 12.5. The third-order valence-corrected chi connectivity index (χ3v) is 4.42. The summed E-state index contributed by atoms with van der Waals surface area (Å²) in [6.45, 7) is 0. The molecule has 5 heteroatoms. The fourth-order valence-electron chi connectivity index (χ4n) is 2.92. The van der Waals surface area contributed by atoms with Crippen molar-refractivity contribution in [2.45, 2.75) is 0 Å². The Kier molecular flexibility index (Phi) is 4.49. The van der Waals surface area contributed by atoms with Gasteiger partial charge in [-0.2, -0.15) is 0 Å². The Balaban J connectivity index is 1.43. The van der Waals surface area contributed by atoms with E-state index in [-0.39, 0.29) is 5.91 Å². The standard InChI is InChI=1S/C22H20N4O/c1-23-17-8-10-19(11-9-17)25-18-5-3-16(4-6-18)22(27)26-20-7-2-15-12-13-24-21(15)14-20/h2-14,23-25H,1H3,(H,26,27). The van der Waals surface area contributed by atoms with Gasteiger partial charge in [0.1, 0.15) is 0 Å². The fourth-order valence-corrected chi connectivity index (χ4v) is 2.92. The summed E-state index contributed by atoms with van der Waals surface area (Å²) in [5.41, 5.74) is 5.35. The molecule has 0 bridgehead atoms. The van der Waals surface area contributed by atoms with E-state index in [1.54, 1.807) is 0 Å². The van der Waals surface area contributed by atoms with E-state index in [4.69, 9.17) is 0 Å². The van der Waals surface area contributed by atoms with Crippen molar-refractivity contribution < 1.29 is 4.79 Å². The Morgan fingerprint density at radius 2 is 1.41 bits per heavy atom. The number of aromatic nitrogens is 1. The Hall–Kier alpha value is -3.73. The molecule has 4 aromatic rings. The molecule has 0 saturated carbocycles. The molecule has 0 aliphatic rings. The molecule has 0 unspecified atom stereocenters. The van der Waals surface area contributed by atoms with Gasteiger partial charge in [0.2, 0.25) is 0 Å². The molecule has 0 radical (unpaired) electrons. The van der Waals surface area contributed by atoms with E-state index in [1.165, 1.54) is 0 Å². The van der Waals surface area contributed by atoms with Crippen molar-refractivity contribution in [1.29, 1.82) is 0 Å².